The van der Waals surface area contributed by atoms with Gasteiger partial charge in [0.15, 0.2) is 0 Å². The summed E-state index contributed by atoms with van der Waals surface area (Å²) in [6, 6.07) is 7.85. The summed E-state index contributed by atoms with van der Waals surface area (Å²) >= 11 is 0. The molecule has 2 amide bonds. The second-order valence-corrected chi connectivity index (χ2v) is 6.49. The number of urea groups is 1. The van der Waals surface area contributed by atoms with Crippen LogP contribution in [-0.4, -0.2) is 36.9 Å². The van der Waals surface area contributed by atoms with Crippen molar-refractivity contribution in [3.63, 3.8) is 0 Å². The van der Waals surface area contributed by atoms with Crippen molar-refractivity contribution in [2.75, 3.05) is 20.3 Å². The smallest absolute Gasteiger partial charge is 0.315 e. The predicted molar refractivity (Wildman–Crippen MR) is 90.8 cm³/mol. The highest BCUT2D eigenvalue weighted by Crippen LogP contribution is 2.29. The Bertz CT molecular complexity index is 495. The lowest BCUT2D eigenvalue weighted by Crippen LogP contribution is -2.53. The van der Waals surface area contributed by atoms with E-state index in [9.17, 15) is 9.90 Å². The van der Waals surface area contributed by atoms with E-state index in [0.29, 0.717) is 12.5 Å². The Labute approximate surface area is 138 Å². The van der Waals surface area contributed by atoms with Crippen molar-refractivity contribution < 1.29 is 14.6 Å². The summed E-state index contributed by atoms with van der Waals surface area (Å²) in [4.78, 5) is 12.0. The summed E-state index contributed by atoms with van der Waals surface area (Å²) in [6.45, 7) is 2.77. The Morgan fingerprint density at radius 2 is 1.96 bits per heavy atom. The van der Waals surface area contributed by atoms with E-state index in [4.69, 9.17) is 4.74 Å². The fraction of sp³-hybridized carbons (Fsp3) is 0.611. The summed E-state index contributed by atoms with van der Waals surface area (Å²) in [6.07, 6.45) is 4.72. The van der Waals surface area contributed by atoms with Crippen molar-refractivity contribution in [1.29, 1.82) is 0 Å². The van der Waals surface area contributed by atoms with Gasteiger partial charge in [0.2, 0.25) is 0 Å². The highest BCUT2D eigenvalue weighted by molar-refractivity contribution is 5.74. The average Bonchev–Trinajstić information content (AvgIpc) is 3.03. The SMILES string of the molecule is COc1ccc(C(C)CCNC(=O)NC2(CO)CCCC2)cc1. The highest BCUT2D eigenvalue weighted by Gasteiger charge is 2.34. The molecule has 128 valence electrons. The molecular weight excluding hydrogens is 292 g/mol. The van der Waals surface area contributed by atoms with Gasteiger partial charge in [0, 0.05) is 6.54 Å². The molecule has 1 aliphatic rings. The monoisotopic (exact) mass is 320 g/mol. The number of amides is 2. The molecule has 1 unspecified atom stereocenters. The van der Waals surface area contributed by atoms with Gasteiger partial charge in [-0.3, -0.25) is 0 Å². The van der Waals surface area contributed by atoms with Gasteiger partial charge >= 0.3 is 6.03 Å². The molecule has 2 rings (SSSR count). The third kappa shape index (κ3) is 4.86. The van der Waals surface area contributed by atoms with E-state index in [0.717, 1.165) is 37.9 Å². The van der Waals surface area contributed by atoms with E-state index >= 15 is 0 Å². The third-order valence-corrected chi connectivity index (χ3v) is 4.79. The van der Waals surface area contributed by atoms with Crippen molar-refractivity contribution in [3.05, 3.63) is 29.8 Å². The molecule has 1 saturated carbocycles. The molecule has 0 aromatic heterocycles. The van der Waals surface area contributed by atoms with Crippen molar-refractivity contribution in [2.24, 2.45) is 0 Å². The lowest BCUT2D eigenvalue weighted by Gasteiger charge is -2.28. The maximum absolute atomic E-state index is 12.0. The van der Waals surface area contributed by atoms with E-state index in [1.54, 1.807) is 7.11 Å². The van der Waals surface area contributed by atoms with Crippen LogP contribution < -0.4 is 15.4 Å². The molecule has 3 N–H and O–H groups in total. The standard InChI is InChI=1S/C18H28N2O3/c1-14(15-5-7-16(23-2)8-6-15)9-12-19-17(22)20-18(13-21)10-3-4-11-18/h5-8,14,21H,3-4,9-13H2,1-2H3,(H2,19,20,22). The largest absolute Gasteiger partial charge is 0.497 e. The zero-order valence-electron chi connectivity index (χ0n) is 14.1. The lowest BCUT2D eigenvalue weighted by atomic mass is 9.97. The topological polar surface area (TPSA) is 70.6 Å². The van der Waals surface area contributed by atoms with Crippen LogP contribution >= 0.6 is 0 Å². The van der Waals surface area contributed by atoms with Crippen molar-refractivity contribution >= 4 is 6.03 Å². The van der Waals surface area contributed by atoms with Gasteiger partial charge in [-0.15, -0.1) is 0 Å². The first-order valence-corrected chi connectivity index (χ1v) is 8.39. The van der Waals surface area contributed by atoms with Crippen molar-refractivity contribution in [2.45, 2.75) is 50.5 Å². The van der Waals surface area contributed by atoms with Gasteiger partial charge in [0.1, 0.15) is 5.75 Å². The quantitative estimate of drug-likeness (QED) is 0.723. The first-order chi connectivity index (χ1) is 11.1. The normalized spacial score (nSPS) is 17.5. The number of ether oxygens (including phenoxy) is 1. The summed E-state index contributed by atoms with van der Waals surface area (Å²) in [5.41, 5.74) is 0.821. The second-order valence-electron chi connectivity index (χ2n) is 6.49. The van der Waals surface area contributed by atoms with Gasteiger partial charge in [-0.25, -0.2) is 4.79 Å². The van der Waals surface area contributed by atoms with E-state index in [-0.39, 0.29) is 12.6 Å². The summed E-state index contributed by atoms with van der Waals surface area (Å²) in [5.74, 6) is 1.21. The van der Waals surface area contributed by atoms with Crippen LogP contribution in [-0.2, 0) is 0 Å². The van der Waals surface area contributed by atoms with Gasteiger partial charge in [-0.05, 0) is 42.9 Å². The Morgan fingerprint density at radius 3 is 2.52 bits per heavy atom. The molecule has 1 fully saturated rings. The molecule has 5 heteroatoms. The van der Waals surface area contributed by atoms with Crippen LogP contribution in [0.1, 0.15) is 50.5 Å². The minimum absolute atomic E-state index is 0.0165. The van der Waals surface area contributed by atoms with Crippen LogP contribution in [0.3, 0.4) is 0 Å². The van der Waals surface area contributed by atoms with E-state index in [1.807, 2.05) is 12.1 Å². The molecule has 1 aromatic rings. The van der Waals surface area contributed by atoms with Gasteiger partial charge in [-0.1, -0.05) is 31.9 Å². The number of nitrogens with one attached hydrogen (secondary N) is 2. The Morgan fingerprint density at radius 1 is 1.30 bits per heavy atom. The van der Waals surface area contributed by atoms with E-state index in [2.05, 4.69) is 29.7 Å². The molecule has 23 heavy (non-hydrogen) atoms. The second kappa shape index (κ2) is 8.20. The van der Waals surface area contributed by atoms with Crippen LogP contribution in [0.2, 0.25) is 0 Å². The molecule has 0 radical (unpaired) electrons. The van der Waals surface area contributed by atoms with E-state index in [1.165, 1.54) is 5.56 Å². The Kier molecular flexibility index (Phi) is 6.28. The molecule has 1 aromatic carbocycles. The number of benzene rings is 1. The first kappa shape index (κ1) is 17.6. The molecule has 0 heterocycles. The molecule has 1 aliphatic carbocycles. The van der Waals surface area contributed by atoms with Crippen molar-refractivity contribution in [1.82, 2.24) is 10.6 Å². The Hall–Kier alpha value is -1.75. The fourth-order valence-electron chi connectivity index (χ4n) is 3.16. The first-order valence-electron chi connectivity index (χ1n) is 8.39. The van der Waals surface area contributed by atoms with Crippen LogP contribution in [0.25, 0.3) is 0 Å². The van der Waals surface area contributed by atoms with Gasteiger partial charge in [0.25, 0.3) is 0 Å². The number of hydrogen-bond acceptors (Lipinski definition) is 3. The van der Waals surface area contributed by atoms with Crippen LogP contribution in [0.5, 0.6) is 5.75 Å². The lowest BCUT2D eigenvalue weighted by molar-refractivity contribution is 0.163. The molecule has 5 nitrogen and oxygen atoms in total. The summed E-state index contributed by atoms with van der Waals surface area (Å²) < 4.78 is 5.16. The Balaban J connectivity index is 1.74. The highest BCUT2D eigenvalue weighted by atomic mass is 16.5. The maximum atomic E-state index is 12.0. The zero-order chi connectivity index (χ0) is 16.7. The minimum atomic E-state index is -0.411. The molecular formula is C18H28N2O3. The summed E-state index contributed by atoms with van der Waals surface area (Å²) in [5, 5.41) is 15.4. The molecule has 1 atom stereocenters. The number of aliphatic hydroxyl groups is 1. The van der Waals surface area contributed by atoms with Gasteiger partial charge in [-0.2, -0.15) is 0 Å². The molecule has 0 bridgehead atoms. The number of hydrogen-bond donors (Lipinski definition) is 3. The molecule has 0 aliphatic heterocycles. The van der Waals surface area contributed by atoms with Gasteiger partial charge in [0.05, 0.1) is 19.3 Å². The molecule has 0 spiro atoms. The molecule has 0 saturated heterocycles. The minimum Gasteiger partial charge on any atom is -0.497 e. The maximum Gasteiger partial charge on any atom is 0.315 e. The third-order valence-electron chi connectivity index (χ3n) is 4.79. The van der Waals surface area contributed by atoms with Crippen molar-refractivity contribution in [3.8, 4) is 5.75 Å². The van der Waals surface area contributed by atoms with Crippen LogP contribution in [0.4, 0.5) is 4.79 Å². The number of carbonyl (C=O) groups excluding carboxylic acids is 1. The van der Waals surface area contributed by atoms with Crippen LogP contribution in [0.15, 0.2) is 24.3 Å². The summed E-state index contributed by atoms with van der Waals surface area (Å²) in [7, 11) is 1.66. The number of methoxy groups -OCH3 is 1. The fourth-order valence-corrected chi connectivity index (χ4v) is 3.16. The van der Waals surface area contributed by atoms with Crippen LogP contribution in [0, 0.1) is 0 Å². The number of aliphatic hydroxyl groups excluding tert-OH is 1. The average molecular weight is 320 g/mol. The predicted octanol–water partition coefficient (Wildman–Crippen LogP) is 2.79. The van der Waals surface area contributed by atoms with E-state index < -0.39 is 5.54 Å². The number of carbonyl (C=O) groups is 1. The number of rotatable bonds is 7. The zero-order valence-corrected chi connectivity index (χ0v) is 14.1. The van der Waals surface area contributed by atoms with Gasteiger partial charge < -0.3 is 20.5 Å².